The molecule has 0 aliphatic heterocycles. The molecule has 1 aromatic rings. The molecular formula is C13H20N2O2S. The molecule has 0 saturated carbocycles. The molecule has 0 aromatic heterocycles. The Bertz CT molecular complexity index is 418. The summed E-state index contributed by atoms with van der Waals surface area (Å²) in [5.74, 6) is -0.133. The van der Waals surface area contributed by atoms with Crippen LogP contribution in [0.2, 0.25) is 0 Å². The van der Waals surface area contributed by atoms with Gasteiger partial charge in [-0.1, -0.05) is 12.1 Å². The Morgan fingerprint density at radius 2 is 2.00 bits per heavy atom. The van der Waals surface area contributed by atoms with Crippen molar-refractivity contribution in [2.75, 3.05) is 19.3 Å². The molecule has 18 heavy (non-hydrogen) atoms. The van der Waals surface area contributed by atoms with Gasteiger partial charge in [-0.3, -0.25) is 9.00 Å². The van der Waals surface area contributed by atoms with Crippen molar-refractivity contribution in [2.45, 2.75) is 18.6 Å². The molecule has 0 radical (unpaired) electrons. The molecule has 3 N–H and O–H groups in total. The van der Waals surface area contributed by atoms with E-state index in [9.17, 15) is 9.00 Å². The van der Waals surface area contributed by atoms with Crippen LogP contribution in [-0.2, 0) is 17.2 Å². The average molecular weight is 268 g/mol. The second kappa shape index (κ2) is 7.28. The number of hydrogen-bond acceptors (Lipinski definition) is 3. The molecule has 0 aliphatic carbocycles. The lowest BCUT2D eigenvalue weighted by molar-refractivity contribution is 0.0954. The number of amides is 1. The van der Waals surface area contributed by atoms with Crippen LogP contribution >= 0.6 is 0 Å². The lowest BCUT2D eigenvalue weighted by atomic mass is 10.1. The van der Waals surface area contributed by atoms with E-state index in [1.807, 2.05) is 19.1 Å². The Hall–Kier alpha value is -1.20. The highest BCUT2D eigenvalue weighted by atomic mass is 32.2. The van der Waals surface area contributed by atoms with Crippen molar-refractivity contribution in [1.29, 1.82) is 0 Å². The zero-order chi connectivity index (χ0) is 13.5. The first-order chi connectivity index (χ1) is 8.54. The van der Waals surface area contributed by atoms with E-state index in [4.69, 9.17) is 5.73 Å². The molecule has 0 saturated heterocycles. The highest BCUT2D eigenvalue weighted by Gasteiger charge is 2.09. The number of nitrogens with one attached hydrogen (secondary N) is 1. The number of rotatable bonds is 6. The maximum atomic E-state index is 11.8. The van der Waals surface area contributed by atoms with Crippen LogP contribution in [0, 0.1) is 0 Å². The van der Waals surface area contributed by atoms with Crippen molar-refractivity contribution < 1.29 is 9.00 Å². The van der Waals surface area contributed by atoms with Gasteiger partial charge < -0.3 is 11.1 Å². The number of nitrogens with two attached hydrogens (primary N) is 1. The van der Waals surface area contributed by atoms with E-state index in [2.05, 4.69) is 5.32 Å². The predicted molar refractivity (Wildman–Crippen MR) is 75.1 cm³/mol. The second-order valence-electron chi connectivity index (χ2n) is 4.25. The summed E-state index contributed by atoms with van der Waals surface area (Å²) in [6.45, 7) is 2.87. The van der Waals surface area contributed by atoms with Crippen molar-refractivity contribution in [3.05, 3.63) is 35.4 Å². The Balaban J connectivity index is 2.54. The first kappa shape index (κ1) is 14.9. The number of hydrogen-bond donors (Lipinski definition) is 2. The van der Waals surface area contributed by atoms with Crippen molar-refractivity contribution in [3.8, 4) is 0 Å². The summed E-state index contributed by atoms with van der Waals surface area (Å²) < 4.78 is 11.2. The lowest BCUT2D eigenvalue weighted by Crippen LogP contribution is -2.32. The standard InChI is InChI=1S/C13H20N2O2S/c1-10(18(2)17)9-15-13(16)12-5-3-11(4-6-12)7-8-14/h3-6,10H,7-9,14H2,1-2H3,(H,15,16). The number of carbonyl (C=O) groups excluding carboxylic acids is 1. The van der Waals surface area contributed by atoms with Crippen molar-refractivity contribution in [3.63, 3.8) is 0 Å². The van der Waals surface area contributed by atoms with E-state index < -0.39 is 10.8 Å². The van der Waals surface area contributed by atoms with Gasteiger partial charge in [0.25, 0.3) is 5.91 Å². The molecule has 1 amide bonds. The molecule has 4 nitrogen and oxygen atoms in total. The smallest absolute Gasteiger partial charge is 0.251 e. The van der Waals surface area contributed by atoms with Gasteiger partial charge in [-0.05, 0) is 37.6 Å². The topological polar surface area (TPSA) is 72.2 Å². The molecule has 5 heteroatoms. The van der Waals surface area contributed by atoms with Gasteiger partial charge in [0.05, 0.1) is 0 Å². The molecule has 0 fully saturated rings. The van der Waals surface area contributed by atoms with Crippen LogP contribution in [0.5, 0.6) is 0 Å². The van der Waals surface area contributed by atoms with Crippen LogP contribution in [0.4, 0.5) is 0 Å². The first-order valence-electron chi connectivity index (χ1n) is 5.94. The molecule has 2 unspecified atom stereocenters. The van der Waals surface area contributed by atoms with E-state index in [0.717, 1.165) is 12.0 Å². The maximum absolute atomic E-state index is 11.8. The third-order valence-corrected chi connectivity index (χ3v) is 4.07. The van der Waals surface area contributed by atoms with Crippen LogP contribution < -0.4 is 11.1 Å². The summed E-state index contributed by atoms with van der Waals surface area (Å²) in [4.78, 5) is 11.8. The SMILES string of the molecule is CC(CNC(=O)c1ccc(CCN)cc1)S(C)=O. The van der Waals surface area contributed by atoms with Crippen molar-refractivity contribution in [1.82, 2.24) is 5.32 Å². The molecular weight excluding hydrogens is 248 g/mol. The third-order valence-electron chi connectivity index (χ3n) is 2.77. The number of benzene rings is 1. The summed E-state index contributed by atoms with van der Waals surface area (Å²) in [6, 6.07) is 7.38. The minimum atomic E-state index is -0.918. The molecule has 100 valence electrons. The summed E-state index contributed by atoms with van der Waals surface area (Å²) in [5.41, 5.74) is 7.20. The first-order valence-corrected chi connectivity index (χ1v) is 7.56. The minimum Gasteiger partial charge on any atom is -0.351 e. The Kier molecular flexibility index (Phi) is 6.01. The Labute approximate surface area is 110 Å². The van der Waals surface area contributed by atoms with E-state index >= 15 is 0 Å². The fourth-order valence-corrected chi connectivity index (χ4v) is 1.76. The fourth-order valence-electron chi connectivity index (χ4n) is 1.45. The largest absolute Gasteiger partial charge is 0.351 e. The quantitative estimate of drug-likeness (QED) is 0.797. The molecule has 0 bridgehead atoms. The van der Waals surface area contributed by atoms with E-state index in [1.54, 1.807) is 18.4 Å². The van der Waals surface area contributed by atoms with E-state index in [0.29, 0.717) is 18.7 Å². The zero-order valence-electron chi connectivity index (χ0n) is 10.8. The van der Waals surface area contributed by atoms with Crippen LogP contribution in [0.25, 0.3) is 0 Å². The van der Waals surface area contributed by atoms with E-state index in [1.165, 1.54) is 0 Å². The monoisotopic (exact) mass is 268 g/mol. The third kappa shape index (κ3) is 4.58. The number of carbonyl (C=O) groups is 1. The maximum Gasteiger partial charge on any atom is 0.251 e. The molecule has 2 atom stereocenters. The summed E-state index contributed by atoms with van der Waals surface area (Å²) >= 11 is 0. The summed E-state index contributed by atoms with van der Waals surface area (Å²) in [6.07, 6.45) is 2.45. The van der Waals surface area contributed by atoms with Gasteiger partial charge in [-0.2, -0.15) is 0 Å². The van der Waals surface area contributed by atoms with Gasteiger partial charge in [0, 0.05) is 34.4 Å². The normalized spacial score (nSPS) is 13.9. The molecule has 0 spiro atoms. The van der Waals surface area contributed by atoms with Crippen LogP contribution in [0.1, 0.15) is 22.8 Å². The second-order valence-corrected chi connectivity index (χ2v) is 6.06. The highest BCUT2D eigenvalue weighted by molar-refractivity contribution is 7.84. The average Bonchev–Trinajstić information content (AvgIpc) is 2.36. The molecule has 1 aromatic carbocycles. The van der Waals surface area contributed by atoms with Gasteiger partial charge >= 0.3 is 0 Å². The predicted octanol–water partition coefficient (Wildman–Crippen LogP) is 0.685. The highest BCUT2D eigenvalue weighted by Crippen LogP contribution is 2.05. The van der Waals surface area contributed by atoms with Crippen molar-refractivity contribution in [2.24, 2.45) is 5.73 Å². The van der Waals surface area contributed by atoms with E-state index in [-0.39, 0.29) is 11.2 Å². The summed E-state index contributed by atoms with van der Waals surface area (Å²) in [7, 11) is -0.918. The van der Waals surface area contributed by atoms with Crippen LogP contribution in [0.15, 0.2) is 24.3 Å². The molecule has 0 heterocycles. The Morgan fingerprint density at radius 1 is 1.39 bits per heavy atom. The van der Waals surface area contributed by atoms with Crippen LogP contribution in [0.3, 0.4) is 0 Å². The van der Waals surface area contributed by atoms with Gasteiger partial charge in [0.2, 0.25) is 0 Å². The van der Waals surface area contributed by atoms with Gasteiger partial charge in [0.1, 0.15) is 0 Å². The molecule has 0 aliphatic rings. The van der Waals surface area contributed by atoms with Gasteiger partial charge in [0.15, 0.2) is 0 Å². The van der Waals surface area contributed by atoms with Gasteiger partial charge in [-0.25, -0.2) is 0 Å². The van der Waals surface area contributed by atoms with Gasteiger partial charge in [-0.15, -0.1) is 0 Å². The zero-order valence-corrected chi connectivity index (χ0v) is 11.6. The Morgan fingerprint density at radius 3 is 2.50 bits per heavy atom. The van der Waals surface area contributed by atoms with Crippen molar-refractivity contribution >= 4 is 16.7 Å². The van der Waals surface area contributed by atoms with Crippen LogP contribution in [-0.4, -0.2) is 34.7 Å². The minimum absolute atomic E-state index is 0.0366. The fraction of sp³-hybridized carbons (Fsp3) is 0.462. The molecule has 1 rings (SSSR count). The summed E-state index contributed by atoms with van der Waals surface area (Å²) in [5, 5.41) is 2.74. The lowest BCUT2D eigenvalue weighted by Gasteiger charge is -2.10.